The van der Waals surface area contributed by atoms with E-state index in [-0.39, 0.29) is 29.0 Å². The Kier molecular flexibility index (Phi) is 8.52. The summed E-state index contributed by atoms with van der Waals surface area (Å²) in [4.78, 5) is 35.2. The Balaban J connectivity index is 1.68. The van der Waals surface area contributed by atoms with E-state index in [0.717, 1.165) is 0 Å². The number of rotatable bonds is 8. The number of esters is 1. The minimum Gasteiger partial charge on any atom is -0.484 e. The third kappa shape index (κ3) is 6.47. The molecular weight excluding hydrogens is 549 g/mol. The largest absolute Gasteiger partial charge is 0.484 e. The summed E-state index contributed by atoms with van der Waals surface area (Å²) in [5.74, 6) is -0.731. The number of ether oxygens (including phenoxy) is 2. The van der Waals surface area contributed by atoms with Crippen LogP contribution in [-0.4, -0.2) is 50.6 Å². The van der Waals surface area contributed by atoms with Crippen LogP contribution in [-0.2, 0) is 32.7 Å². The maximum atomic E-state index is 13.9. The van der Waals surface area contributed by atoms with Crippen LogP contribution in [0.5, 0.6) is 5.75 Å². The lowest BCUT2D eigenvalue weighted by molar-refractivity contribution is -0.153. The van der Waals surface area contributed by atoms with Crippen LogP contribution in [0.25, 0.3) is 11.0 Å². The summed E-state index contributed by atoms with van der Waals surface area (Å²) in [5, 5.41) is -0.0571. The summed E-state index contributed by atoms with van der Waals surface area (Å²) in [5.41, 5.74) is 2.42. The Morgan fingerprint density at radius 3 is 2.50 bits per heavy atom. The Bertz CT molecular complexity index is 1590. The first-order valence-electron chi connectivity index (χ1n) is 12.0. The van der Waals surface area contributed by atoms with Crippen LogP contribution >= 0.6 is 0 Å². The molecule has 0 saturated carbocycles. The summed E-state index contributed by atoms with van der Waals surface area (Å²) < 4.78 is 62.8. The Hall–Kier alpha value is -4.26. The molecule has 0 aliphatic rings. The number of fused-ring (bicyclic) bond motifs is 1. The molecule has 0 unspecified atom stereocenters. The van der Waals surface area contributed by atoms with Crippen LogP contribution in [0.15, 0.2) is 66.0 Å². The number of nitrogens with zero attached hydrogens (tertiary/aromatic N) is 4. The number of alkyl halides is 3. The number of benzene rings is 2. The maximum absolute atomic E-state index is 13.9. The van der Waals surface area contributed by atoms with Crippen molar-refractivity contribution in [3.8, 4) is 5.75 Å². The van der Waals surface area contributed by atoms with Gasteiger partial charge in [-0.05, 0) is 31.2 Å². The summed E-state index contributed by atoms with van der Waals surface area (Å²) in [6.07, 6.45) is -3.25. The zero-order chi connectivity index (χ0) is 29.0. The number of imidazole rings is 1. The molecule has 0 fully saturated rings. The topological polar surface area (TPSA) is 104 Å². The van der Waals surface area contributed by atoms with Crippen molar-refractivity contribution >= 4 is 39.5 Å². The van der Waals surface area contributed by atoms with Crippen LogP contribution in [0.4, 0.5) is 23.7 Å². The van der Waals surface area contributed by atoms with E-state index in [9.17, 15) is 27.0 Å². The van der Waals surface area contributed by atoms with Gasteiger partial charge in [0.1, 0.15) is 12.4 Å². The Morgan fingerprint density at radius 1 is 1.07 bits per heavy atom. The van der Waals surface area contributed by atoms with Gasteiger partial charge < -0.3 is 9.47 Å². The van der Waals surface area contributed by atoms with Gasteiger partial charge in [-0.15, -0.1) is 0 Å². The molecule has 13 heteroatoms. The first-order valence-corrected chi connectivity index (χ1v) is 13.3. The molecule has 1 amide bonds. The predicted octanol–water partition coefficient (Wildman–Crippen LogP) is 5.16. The average molecular weight is 575 g/mol. The van der Waals surface area contributed by atoms with Gasteiger partial charge in [0.2, 0.25) is 5.16 Å². The third-order valence-corrected chi connectivity index (χ3v) is 7.13. The van der Waals surface area contributed by atoms with Crippen molar-refractivity contribution in [3.05, 3.63) is 77.6 Å². The number of pyridine rings is 1. The highest BCUT2D eigenvalue weighted by molar-refractivity contribution is 7.84. The fourth-order valence-electron chi connectivity index (χ4n) is 3.94. The second-order valence-corrected chi connectivity index (χ2v) is 10.1. The van der Waals surface area contributed by atoms with Crippen molar-refractivity contribution in [2.75, 3.05) is 18.6 Å². The van der Waals surface area contributed by atoms with E-state index < -0.39 is 35.6 Å². The molecule has 1 atom stereocenters. The average Bonchev–Trinajstić information content (AvgIpc) is 3.31. The second-order valence-electron chi connectivity index (χ2n) is 8.74. The number of aromatic nitrogens is 3. The number of carbonyl (C=O) groups is 2. The first kappa shape index (κ1) is 28.7. The highest BCUT2D eigenvalue weighted by atomic mass is 32.2. The molecule has 0 aliphatic heterocycles. The fourth-order valence-corrected chi connectivity index (χ4v) is 5.19. The van der Waals surface area contributed by atoms with Crippen LogP contribution in [0.3, 0.4) is 0 Å². The Labute approximate surface area is 230 Å². The van der Waals surface area contributed by atoms with E-state index in [1.165, 1.54) is 42.6 Å². The van der Waals surface area contributed by atoms with Gasteiger partial charge in [-0.2, -0.15) is 13.2 Å². The lowest BCUT2D eigenvalue weighted by Gasteiger charge is -2.22. The molecule has 0 spiro atoms. The lowest BCUT2D eigenvalue weighted by atomic mass is 10.2. The van der Waals surface area contributed by atoms with E-state index in [2.05, 4.69) is 9.97 Å². The molecule has 4 rings (SSSR count). The second kappa shape index (κ2) is 11.9. The van der Waals surface area contributed by atoms with E-state index in [1.807, 2.05) is 0 Å². The number of hydrogen-bond donors (Lipinski definition) is 0. The quantitative estimate of drug-likeness (QED) is 0.268. The maximum Gasteiger partial charge on any atom is 0.422 e. The Morgan fingerprint density at radius 2 is 1.77 bits per heavy atom. The zero-order valence-electron chi connectivity index (χ0n) is 21.8. The van der Waals surface area contributed by atoms with Crippen molar-refractivity contribution < 1.29 is 36.4 Å². The summed E-state index contributed by atoms with van der Waals surface area (Å²) in [6.45, 7) is 1.28. The lowest BCUT2D eigenvalue weighted by Crippen LogP contribution is -2.33. The fraction of sp³-hybridized carbons (Fsp3) is 0.259. The molecule has 40 heavy (non-hydrogen) atoms. The van der Waals surface area contributed by atoms with Gasteiger partial charge in [0.05, 0.1) is 39.0 Å². The van der Waals surface area contributed by atoms with Crippen LogP contribution < -0.4 is 9.64 Å². The standard InChI is InChI=1S/C27H25F3N4O5S/c1-17-21(31-13-12-24(17)39-16-27(28,29)30)15-40(37)25-32-20-9-5-7-11-23(20)34(25)26(36)33(3)22-10-6-4-8-19(22)14-38-18(2)35/h4-13H,14-16H2,1-3H3/t40-/m0/s1. The van der Waals surface area contributed by atoms with Gasteiger partial charge in [-0.25, -0.2) is 14.3 Å². The summed E-state index contributed by atoms with van der Waals surface area (Å²) >= 11 is 0. The number of hydrogen-bond acceptors (Lipinski definition) is 7. The smallest absolute Gasteiger partial charge is 0.422 e. The summed E-state index contributed by atoms with van der Waals surface area (Å²) in [6, 6.07) is 14.4. The highest BCUT2D eigenvalue weighted by Crippen LogP contribution is 2.28. The molecule has 0 bridgehead atoms. The molecule has 210 valence electrons. The molecule has 0 N–H and O–H groups in total. The molecule has 0 radical (unpaired) electrons. The zero-order valence-corrected chi connectivity index (χ0v) is 22.6. The van der Waals surface area contributed by atoms with E-state index >= 15 is 0 Å². The monoisotopic (exact) mass is 574 g/mol. The number of halogens is 3. The van der Waals surface area contributed by atoms with Gasteiger partial charge in [0.25, 0.3) is 0 Å². The van der Waals surface area contributed by atoms with Gasteiger partial charge in [0, 0.05) is 31.3 Å². The number of amides is 1. The van der Waals surface area contributed by atoms with Gasteiger partial charge in [-0.1, -0.05) is 30.3 Å². The minimum absolute atomic E-state index is 0.0342. The van der Waals surface area contributed by atoms with Gasteiger partial charge in [-0.3, -0.25) is 18.9 Å². The molecule has 2 heterocycles. The van der Waals surface area contributed by atoms with E-state index in [1.54, 1.807) is 48.5 Å². The molecule has 4 aromatic rings. The normalized spacial score (nSPS) is 12.2. The predicted molar refractivity (Wildman–Crippen MR) is 141 cm³/mol. The number of carbonyl (C=O) groups excluding carboxylic acids is 2. The molecular formula is C27H25F3N4O5S. The van der Waals surface area contributed by atoms with Crippen LogP contribution in [0.2, 0.25) is 0 Å². The van der Waals surface area contributed by atoms with E-state index in [0.29, 0.717) is 27.8 Å². The summed E-state index contributed by atoms with van der Waals surface area (Å²) in [7, 11) is -0.401. The van der Waals surface area contributed by atoms with Crippen molar-refractivity contribution in [2.24, 2.45) is 0 Å². The third-order valence-electron chi connectivity index (χ3n) is 5.91. The van der Waals surface area contributed by atoms with Gasteiger partial charge >= 0.3 is 18.2 Å². The van der Waals surface area contributed by atoms with Crippen molar-refractivity contribution in [2.45, 2.75) is 37.5 Å². The molecule has 0 aliphatic carbocycles. The molecule has 9 nitrogen and oxygen atoms in total. The molecule has 0 saturated heterocycles. The number of anilines is 1. The minimum atomic E-state index is -4.52. The molecule has 2 aromatic carbocycles. The first-order chi connectivity index (χ1) is 19.0. The van der Waals surface area contributed by atoms with Gasteiger partial charge in [0.15, 0.2) is 6.61 Å². The van der Waals surface area contributed by atoms with Crippen molar-refractivity contribution in [1.29, 1.82) is 0 Å². The SMILES string of the molecule is CC(=O)OCc1ccccc1N(C)C(=O)n1c([S@@](=O)Cc2nccc(OCC(F)(F)F)c2C)nc2ccccc21. The van der Waals surface area contributed by atoms with Crippen LogP contribution in [0, 0.1) is 6.92 Å². The van der Waals surface area contributed by atoms with Crippen molar-refractivity contribution in [1.82, 2.24) is 14.5 Å². The highest BCUT2D eigenvalue weighted by Gasteiger charge is 2.29. The number of para-hydroxylation sites is 3. The molecule has 2 aromatic heterocycles. The van der Waals surface area contributed by atoms with E-state index in [4.69, 9.17) is 9.47 Å². The van der Waals surface area contributed by atoms with Crippen LogP contribution in [0.1, 0.15) is 23.7 Å². The van der Waals surface area contributed by atoms with Crippen molar-refractivity contribution in [3.63, 3.8) is 0 Å².